The number of benzene rings is 1. The van der Waals surface area contributed by atoms with Gasteiger partial charge < -0.3 is 9.47 Å². The quantitative estimate of drug-likeness (QED) is 0.189. The standard InChI is InChI=1S/C33H50N2O2/c1-2-3-8-11-27-15-17-29(18-16-27)26-37-31-21-19-30(20-22-31)33-34-24-32(25-35-33)36-23-10-7-5-4-6-9-12-28-13-14-28/h19-22,24-25,27-29H,2-18,23,26H2,1H3. The average Bonchev–Trinajstić information content (AvgIpc) is 3.77. The second kappa shape index (κ2) is 16.0. The summed E-state index contributed by atoms with van der Waals surface area (Å²) >= 11 is 0. The third-order valence-corrected chi connectivity index (χ3v) is 8.38. The maximum Gasteiger partial charge on any atom is 0.159 e. The molecule has 4 rings (SSSR count). The van der Waals surface area contributed by atoms with Crippen molar-refractivity contribution < 1.29 is 9.47 Å². The molecule has 37 heavy (non-hydrogen) atoms. The summed E-state index contributed by atoms with van der Waals surface area (Å²) in [7, 11) is 0. The van der Waals surface area contributed by atoms with Gasteiger partial charge in [0.05, 0.1) is 25.6 Å². The van der Waals surface area contributed by atoms with Crippen LogP contribution in [0.25, 0.3) is 11.4 Å². The zero-order chi connectivity index (χ0) is 25.5. The van der Waals surface area contributed by atoms with Crippen molar-refractivity contribution in [3.63, 3.8) is 0 Å². The average molecular weight is 507 g/mol. The van der Waals surface area contributed by atoms with Crippen LogP contribution in [-0.4, -0.2) is 23.2 Å². The molecule has 0 bridgehead atoms. The Morgan fingerprint density at radius 2 is 1.19 bits per heavy atom. The van der Waals surface area contributed by atoms with E-state index in [0.29, 0.717) is 5.92 Å². The summed E-state index contributed by atoms with van der Waals surface area (Å²) in [6.45, 7) is 3.88. The number of unbranched alkanes of at least 4 members (excludes halogenated alkanes) is 7. The van der Waals surface area contributed by atoms with Crippen LogP contribution in [0, 0.1) is 17.8 Å². The topological polar surface area (TPSA) is 44.2 Å². The Labute approximate surface area is 226 Å². The third kappa shape index (κ3) is 10.7. The molecule has 0 N–H and O–H groups in total. The van der Waals surface area contributed by atoms with Gasteiger partial charge in [0, 0.05) is 5.56 Å². The third-order valence-electron chi connectivity index (χ3n) is 8.38. The normalized spacial score (nSPS) is 19.6. The molecule has 2 saturated carbocycles. The van der Waals surface area contributed by atoms with Gasteiger partial charge in [-0.05, 0) is 61.3 Å². The van der Waals surface area contributed by atoms with E-state index in [0.717, 1.165) is 54.4 Å². The first-order valence-corrected chi connectivity index (χ1v) is 15.5. The molecule has 0 unspecified atom stereocenters. The Morgan fingerprint density at radius 3 is 1.84 bits per heavy atom. The summed E-state index contributed by atoms with van der Waals surface area (Å²) in [4.78, 5) is 9.05. The molecular weight excluding hydrogens is 456 g/mol. The van der Waals surface area contributed by atoms with Crippen LogP contribution < -0.4 is 9.47 Å². The van der Waals surface area contributed by atoms with Crippen LogP contribution in [-0.2, 0) is 0 Å². The van der Waals surface area contributed by atoms with Crippen molar-refractivity contribution in [1.29, 1.82) is 0 Å². The fourth-order valence-corrected chi connectivity index (χ4v) is 5.66. The highest BCUT2D eigenvalue weighted by Gasteiger charge is 2.21. The Balaban J connectivity index is 1.07. The van der Waals surface area contributed by atoms with Gasteiger partial charge in [0.1, 0.15) is 5.75 Å². The van der Waals surface area contributed by atoms with E-state index in [1.807, 2.05) is 12.1 Å². The van der Waals surface area contributed by atoms with Crippen LogP contribution >= 0.6 is 0 Å². The summed E-state index contributed by atoms with van der Waals surface area (Å²) in [5.41, 5.74) is 1.01. The van der Waals surface area contributed by atoms with E-state index in [4.69, 9.17) is 9.47 Å². The first kappa shape index (κ1) is 27.9. The minimum atomic E-state index is 0.704. The van der Waals surface area contributed by atoms with E-state index in [1.54, 1.807) is 12.4 Å². The van der Waals surface area contributed by atoms with Crippen molar-refractivity contribution in [1.82, 2.24) is 9.97 Å². The molecule has 204 valence electrons. The Morgan fingerprint density at radius 1 is 0.622 bits per heavy atom. The molecule has 1 aromatic carbocycles. The fourth-order valence-electron chi connectivity index (χ4n) is 5.66. The molecule has 0 saturated heterocycles. The lowest BCUT2D eigenvalue weighted by atomic mass is 9.80. The zero-order valence-electron chi connectivity index (χ0n) is 23.3. The molecule has 0 radical (unpaired) electrons. The smallest absolute Gasteiger partial charge is 0.159 e. The summed E-state index contributed by atoms with van der Waals surface area (Å²) in [5, 5.41) is 0. The molecule has 4 nitrogen and oxygen atoms in total. The molecule has 0 amide bonds. The molecule has 2 aliphatic rings. The van der Waals surface area contributed by atoms with Crippen molar-refractivity contribution in [2.24, 2.45) is 17.8 Å². The highest BCUT2D eigenvalue weighted by Crippen LogP contribution is 2.34. The van der Waals surface area contributed by atoms with E-state index in [2.05, 4.69) is 29.0 Å². The van der Waals surface area contributed by atoms with Gasteiger partial charge in [-0.3, -0.25) is 0 Å². The molecular formula is C33H50N2O2. The number of aromatic nitrogens is 2. The van der Waals surface area contributed by atoms with Crippen LogP contribution in [0.15, 0.2) is 36.7 Å². The zero-order valence-corrected chi connectivity index (χ0v) is 23.3. The number of hydrogen-bond donors (Lipinski definition) is 0. The first-order valence-electron chi connectivity index (χ1n) is 15.5. The van der Waals surface area contributed by atoms with Gasteiger partial charge in [-0.2, -0.15) is 0 Å². The molecule has 0 spiro atoms. The Kier molecular flexibility index (Phi) is 12.1. The van der Waals surface area contributed by atoms with Crippen molar-refractivity contribution in [2.75, 3.05) is 13.2 Å². The van der Waals surface area contributed by atoms with Gasteiger partial charge in [0.15, 0.2) is 11.6 Å². The van der Waals surface area contributed by atoms with E-state index in [-0.39, 0.29) is 0 Å². The summed E-state index contributed by atoms with van der Waals surface area (Å²) in [6, 6.07) is 8.21. The first-order chi connectivity index (χ1) is 18.3. The molecule has 0 atom stereocenters. The molecule has 0 aliphatic heterocycles. The van der Waals surface area contributed by atoms with E-state index in [9.17, 15) is 0 Å². The predicted molar refractivity (Wildman–Crippen MR) is 153 cm³/mol. The van der Waals surface area contributed by atoms with Crippen molar-refractivity contribution in [2.45, 2.75) is 116 Å². The lowest BCUT2D eigenvalue weighted by Gasteiger charge is -2.28. The van der Waals surface area contributed by atoms with Gasteiger partial charge >= 0.3 is 0 Å². The van der Waals surface area contributed by atoms with Gasteiger partial charge in [-0.15, -0.1) is 0 Å². The van der Waals surface area contributed by atoms with Gasteiger partial charge in [0.2, 0.25) is 0 Å². The van der Waals surface area contributed by atoms with Crippen LogP contribution in [0.4, 0.5) is 0 Å². The highest BCUT2D eigenvalue weighted by molar-refractivity contribution is 5.56. The van der Waals surface area contributed by atoms with Gasteiger partial charge in [0.25, 0.3) is 0 Å². The van der Waals surface area contributed by atoms with Crippen LogP contribution in [0.5, 0.6) is 11.5 Å². The maximum absolute atomic E-state index is 6.13. The second-order valence-corrected chi connectivity index (χ2v) is 11.7. The molecule has 2 aliphatic carbocycles. The molecule has 1 aromatic heterocycles. The van der Waals surface area contributed by atoms with Crippen LogP contribution in [0.2, 0.25) is 0 Å². The number of hydrogen-bond acceptors (Lipinski definition) is 4. The molecule has 4 heteroatoms. The lowest BCUT2D eigenvalue weighted by molar-refractivity contribution is 0.177. The van der Waals surface area contributed by atoms with Crippen molar-refractivity contribution in [3.8, 4) is 22.9 Å². The van der Waals surface area contributed by atoms with Crippen LogP contribution in [0.1, 0.15) is 116 Å². The van der Waals surface area contributed by atoms with Crippen LogP contribution in [0.3, 0.4) is 0 Å². The summed E-state index contributed by atoms with van der Waals surface area (Å²) < 4.78 is 12.0. The Hall–Kier alpha value is -2.10. The molecule has 2 aromatic rings. The van der Waals surface area contributed by atoms with Gasteiger partial charge in [-0.25, -0.2) is 9.97 Å². The second-order valence-electron chi connectivity index (χ2n) is 11.7. The lowest BCUT2D eigenvalue weighted by Crippen LogP contribution is -2.20. The highest BCUT2D eigenvalue weighted by atomic mass is 16.5. The summed E-state index contributed by atoms with van der Waals surface area (Å²) in [6.07, 6.45) is 26.9. The van der Waals surface area contributed by atoms with E-state index in [1.165, 1.54) is 103 Å². The largest absolute Gasteiger partial charge is 0.493 e. The number of rotatable bonds is 18. The maximum atomic E-state index is 6.13. The van der Waals surface area contributed by atoms with Crippen molar-refractivity contribution in [3.05, 3.63) is 36.7 Å². The minimum absolute atomic E-state index is 0.704. The fraction of sp³-hybridized carbons (Fsp3) is 0.697. The van der Waals surface area contributed by atoms with E-state index < -0.39 is 0 Å². The molecule has 2 fully saturated rings. The monoisotopic (exact) mass is 506 g/mol. The summed E-state index contributed by atoms with van der Waals surface area (Å²) in [5.74, 6) is 5.17. The minimum Gasteiger partial charge on any atom is -0.493 e. The molecule has 1 heterocycles. The SMILES string of the molecule is CCCCCC1CCC(COc2ccc(-c3ncc(OCCCCCCCCC4CC4)cn3)cc2)CC1. The predicted octanol–water partition coefficient (Wildman–Crippen LogP) is 9.43. The van der Waals surface area contributed by atoms with Crippen molar-refractivity contribution >= 4 is 0 Å². The number of ether oxygens (including phenoxy) is 2. The Bertz CT molecular complexity index is 855. The van der Waals surface area contributed by atoms with Gasteiger partial charge in [-0.1, -0.05) is 96.8 Å². The van der Waals surface area contributed by atoms with E-state index >= 15 is 0 Å². The number of nitrogens with zero attached hydrogens (tertiary/aromatic N) is 2.